The van der Waals surface area contributed by atoms with Crippen molar-refractivity contribution in [1.82, 2.24) is 25.9 Å². The molecule has 2 aromatic carbocycles. The van der Waals surface area contributed by atoms with Gasteiger partial charge in [0.1, 0.15) is 0 Å². The Morgan fingerprint density at radius 2 is 1.74 bits per heavy atom. The Hall–Kier alpha value is -3.62. The Balaban J connectivity index is 1.21. The molecule has 38 heavy (non-hydrogen) atoms. The van der Waals surface area contributed by atoms with Crippen LogP contribution >= 0.6 is 11.6 Å². The molecule has 9 heteroatoms. The number of halogens is 1. The first kappa shape index (κ1) is 26.0. The number of aryl methyl sites for hydroxylation is 2. The Morgan fingerprint density at radius 1 is 1.05 bits per heavy atom. The van der Waals surface area contributed by atoms with E-state index >= 15 is 0 Å². The van der Waals surface area contributed by atoms with Crippen molar-refractivity contribution in [3.05, 3.63) is 93.6 Å². The van der Waals surface area contributed by atoms with E-state index < -0.39 is 6.03 Å². The van der Waals surface area contributed by atoms with Crippen LogP contribution in [-0.2, 0) is 12.8 Å². The molecule has 4 N–H and O–H groups in total. The standard InChI is InChI=1S/C29H33ClN6O2/c1-2-36-15-7-10-22(36)18-32-28(37)21-16-25(30)27(31-17-21)34-35-29(38)33-26-23-11-5-3-8-19(23)13-14-20-9-4-6-12-24(20)26/h3-6,8-9,11-12,16-17,22,26H,2,7,10,13-15,18H2,1H3,(H,31,34)(H,32,37)(H2,33,35,38)/t22-/m1/s1. The number of nitrogens with one attached hydrogen (secondary N) is 4. The minimum atomic E-state index is -0.418. The molecule has 0 unspecified atom stereocenters. The molecule has 1 aromatic heterocycles. The van der Waals surface area contributed by atoms with E-state index in [2.05, 4.69) is 62.6 Å². The number of hydrogen-bond donors (Lipinski definition) is 4. The Morgan fingerprint density at radius 3 is 2.39 bits per heavy atom. The monoisotopic (exact) mass is 532 g/mol. The lowest BCUT2D eigenvalue weighted by Crippen LogP contribution is -2.41. The number of carbonyl (C=O) groups is 2. The van der Waals surface area contributed by atoms with Gasteiger partial charge in [-0.05, 0) is 67.1 Å². The molecule has 2 aliphatic rings. The average molecular weight is 533 g/mol. The van der Waals surface area contributed by atoms with Crippen LogP contribution in [-0.4, -0.2) is 47.5 Å². The lowest BCUT2D eigenvalue weighted by Gasteiger charge is -2.23. The number of aromatic nitrogens is 1. The predicted molar refractivity (Wildman–Crippen MR) is 149 cm³/mol. The summed E-state index contributed by atoms with van der Waals surface area (Å²) in [6.45, 7) is 4.79. The van der Waals surface area contributed by atoms with Crippen molar-refractivity contribution < 1.29 is 9.59 Å². The van der Waals surface area contributed by atoms with Gasteiger partial charge in [0.05, 0.1) is 16.6 Å². The summed E-state index contributed by atoms with van der Waals surface area (Å²) < 4.78 is 0. The molecular formula is C29H33ClN6O2. The summed E-state index contributed by atoms with van der Waals surface area (Å²) in [6.07, 6.45) is 5.53. The van der Waals surface area contributed by atoms with Gasteiger partial charge in [-0.1, -0.05) is 67.1 Å². The van der Waals surface area contributed by atoms with Gasteiger partial charge in [-0.15, -0.1) is 0 Å². The van der Waals surface area contributed by atoms with E-state index in [-0.39, 0.29) is 22.8 Å². The molecule has 198 valence electrons. The van der Waals surface area contributed by atoms with Crippen LogP contribution < -0.4 is 21.5 Å². The number of amides is 3. The second kappa shape index (κ2) is 11.8. The van der Waals surface area contributed by atoms with E-state index in [0.717, 1.165) is 49.9 Å². The third kappa shape index (κ3) is 5.76. The second-order valence-electron chi connectivity index (χ2n) is 9.74. The first-order valence-corrected chi connectivity index (χ1v) is 13.6. The number of fused-ring (bicyclic) bond motifs is 2. The lowest BCUT2D eigenvalue weighted by atomic mass is 9.95. The first-order chi connectivity index (χ1) is 18.5. The van der Waals surface area contributed by atoms with Crippen LogP contribution in [0.4, 0.5) is 10.6 Å². The molecule has 1 aliphatic carbocycles. The van der Waals surface area contributed by atoms with E-state index in [0.29, 0.717) is 18.2 Å². The maximum Gasteiger partial charge on any atom is 0.334 e. The number of urea groups is 1. The maximum atomic E-state index is 12.9. The van der Waals surface area contributed by atoms with Crippen molar-refractivity contribution in [1.29, 1.82) is 0 Å². The third-order valence-electron chi connectivity index (χ3n) is 7.47. The molecule has 1 atom stereocenters. The topological polar surface area (TPSA) is 98.4 Å². The molecular weight excluding hydrogens is 500 g/mol. The van der Waals surface area contributed by atoms with Gasteiger partial charge in [-0.3, -0.25) is 20.5 Å². The quantitative estimate of drug-likeness (QED) is 0.337. The minimum absolute atomic E-state index is 0.217. The Kier molecular flexibility index (Phi) is 8.10. The molecule has 0 bridgehead atoms. The average Bonchev–Trinajstić information content (AvgIpc) is 3.34. The number of carbonyl (C=O) groups excluding carboxylic acids is 2. The van der Waals surface area contributed by atoms with Gasteiger partial charge in [-0.25, -0.2) is 9.78 Å². The van der Waals surface area contributed by atoms with Crippen LogP contribution in [0.1, 0.15) is 58.4 Å². The molecule has 1 fully saturated rings. The van der Waals surface area contributed by atoms with Gasteiger partial charge >= 0.3 is 6.03 Å². The van der Waals surface area contributed by atoms with E-state index in [1.54, 1.807) is 6.07 Å². The summed E-state index contributed by atoms with van der Waals surface area (Å²) in [5.74, 6) is 0.0401. The molecule has 2 heterocycles. The van der Waals surface area contributed by atoms with Gasteiger partial charge in [0.25, 0.3) is 5.91 Å². The highest BCUT2D eigenvalue weighted by Gasteiger charge is 2.25. The summed E-state index contributed by atoms with van der Waals surface area (Å²) in [7, 11) is 0. The molecule has 3 aromatic rings. The predicted octanol–water partition coefficient (Wildman–Crippen LogP) is 4.46. The van der Waals surface area contributed by atoms with E-state index in [9.17, 15) is 9.59 Å². The zero-order valence-corrected chi connectivity index (χ0v) is 22.2. The number of likely N-dealkylation sites (N-methyl/N-ethyl adjacent to an activating group) is 1. The zero-order chi connectivity index (χ0) is 26.5. The summed E-state index contributed by atoms with van der Waals surface area (Å²) in [4.78, 5) is 32.2. The number of likely N-dealkylation sites (tertiary alicyclic amines) is 1. The van der Waals surface area contributed by atoms with Crippen LogP contribution in [0.25, 0.3) is 0 Å². The van der Waals surface area contributed by atoms with Crippen LogP contribution in [0.3, 0.4) is 0 Å². The first-order valence-electron chi connectivity index (χ1n) is 13.2. The Bertz CT molecular complexity index is 1270. The van der Waals surface area contributed by atoms with Gasteiger partial charge in [0, 0.05) is 18.8 Å². The van der Waals surface area contributed by atoms with Gasteiger partial charge in [0.15, 0.2) is 5.82 Å². The number of benzene rings is 2. The molecule has 3 amide bonds. The molecule has 1 aliphatic heterocycles. The Labute approximate surface area is 228 Å². The van der Waals surface area contributed by atoms with Gasteiger partial charge in [0.2, 0.25) is 0 Å². The van der Waals surface area contributed by atoms with Crippen LogP contribution in [0.5, 0.6) is 0 Å². The second-order valence-corrected chi connectivity index (χ2v) is 10.2. The number of anilines is 1. The minimum Gasteiger partial charge on any atom is -0.350 e. The summed E-state index contributed by atoms with van der Waals surface area (Å²) in [5, 5.41) is 6.32. The molecule has 0 radical (unpaired) electrons. The fourth-order valence-corrected chi connectivity index (χ4v) is 5.69. The summed E-state index contributed by atoms with van der Waals surface area (Å²) in [5.41, 5.74) is 10.4. The van der Waals surface area contributed by atoms with Crippen molar-refractivity contribution in [2.24, 2.45) is 0 Å². The van der Waals surface area contributed by atoms with E-state index in [1.807, 2.05) is 24.3 Å². The van der Waals surface area contributed by atoms with Crippen LogP contribution in [0.2, 0.25) is 5.02 Å². The van der Waals surface area contributed by atoms with Crippen molar-refractivity contribution >= 4 is 29.4 Å². The van der Waals surface area contributed by atoms with Crippen molar-refractivity contribution in [2.45, 2.75) is 44.7 Å². The van der Waals surface area contributed by atoms with Crippen molar-refractivity contribution in [3.8, 4) is 0 Å². The van der Waals surface area contributed by atoms with Crippen molar-refractivity contribution in [2.75, 3.05) is 25.1 Å². The normalized spacial score (nSPS) is 17.2. The summed E-state index contributed by atoms with van der Waals surface area (Å²) >= 11 is 6.39. The number of pyridine rings is 1. The fourth-order valence-electron chi connectivity index (χ4n) is 5.47. The van der Waals surface area contributed by atoms with E-state index in [1.165, 1.54) is 17.3 Å². The molecule has 5 rings (SSSR count). The molecule has 8 nitrogen and oxygen atoms in total. The highest BCUT2D eigenvalue weighted by atomic mass is 35.5. The van der Waals surface area contributed by atoms with E-state index in [4.69, 9.17) is 11.6 Å². The van der Waals surface area contributed by atoms with Crippen molar-refractivity contribution in [3.63, 3.8) is 0 Å². The summed E-state index contributed by atoms with van der Waals surface area (Å²) in [6, 6.07) is 17.6. The number of hydrazine groups is 1. The SMILES string of the molecule is CCN1CCC[C@@H]1CNC(=O)c1cnc(NNC(=O)NC2c3ccccc3CCc3ccccc32)c(Cl)c1. The van der Waals surface area contributed by atoms with Crippen LogP contribution in [0, 0.1) is 0 Å². The largest absolute Gasteiger partial charge is 0.350 e. The lowest BCUT2D eigenvalue weighted by molar-refractivity contribution is 0.0941. The molecule has 1 saturated heterocycles. The molecule has 0 spiro atoms. The van der Waals surface area contributed by atoms with Gasteiger partial charge in [-0.2, -0.15) is 0 Å². The third-order valence-corrected chi connectivity index (χ3v) is 7.76. The number of hydrogen-bond acceptors (Lipinski definition) is 5. The highest BCUT2D eigenvalue weighted by Crippen LogP contribution is 2.32. The number of nitrogens with zero attached hydrogens (tertiary/aromatic N) is 2. The highest BCUT2D eigenvalue weighted by molar-refractivity contribution is 6.33. The maximum absolute atomic E-state index is 12.9. The van der Waals surface area contributed by atoms with Gasteiger partial charge < -0.3 is 10.6 Å². The number of rotatable bonds is 7. The van der Waals surface area contributed by atoms with Crippen LogP contribution in [0.15, 0.2) is 60.8 Å². The molecule has 0 saturated carbocycles. The fraction of sp³-hybridized carbons (Fsp3) is 0.345. The smallest absolute Gasteiger partial charge is 0.334 e. The zero-order valence-electron chi connectivity index (χ0n) is 21.5.